The monoisotopic (exact) mass is 368 g/mol. The third-order valence-electron chi connectivity index (χ3n) is 2.49. The summed E-state index contributed by atoms with van der Waals surface area (Å²) >= 11 is 2.36. The Bertz CT molecular complexity index is 455. The van der Waals surface area contributed by atoms with Crippen LogP contribution < -0.4 is 4.74 Å². The van der Waals surface area contributed by atoms with Gasteiger partial charge in [0.05, 0.1) is 11.9 Å². The van der Waals surface area contributed by atoms with E-state index in [2.05, 4.69) is 20.7 Å². The Labute approximate surface area is 117 Å². The van der Waals surface area contributed by atoms with Crippen molar-refractivity contribution < 1.29 is 35.5 Å². The van der Waals surface area contributed by atoms with Crippen LogP contribution in [-0.2, 0) is 0 Å². The molecule has 114 valence electrons. The Morgan fingerprint density at radius 3 is 1.95 bits per heavy atom. The van der Waals surface area contributed by atoms with Crippen LogP contribution in [0, 0.1) is 11.7 Å². The fraction of sp³-hybridized carbons (Fsp3) is 0.455. The second kappa shape index (κ2) is 5.79. The molecule has 20 heavy (non-hydrogen) atoms. The summed E-state index contributed by atoms with van der Waals surface area (Å²) in [7, 11) is 1.06. The fourth-order valence-electron chi connectivity index (χ4n) is 1.62. The van der Waals surface area contributed by atoms with Gasteiger partial charge in [0.15, 0.2) is 5.92 Å². The van der Waals surface area contributed by atoms with Gasteiger partial charge in [0.2, 0.25) is 0 Å². The van der Waals surface area contributed by atoms with E-state index in [-0.39, 0.29) is 5.75 Å². The summed E-state index contributed by atoms with van der Waals surface area (Å²) in [5.74, 6) is -4.91. The molecule has 1 aromatic rings. The number of halogens is 8. The summed E-state index contributed by atoms with van der Waals surface area (Å²) in [4.78, 5) is -2.21. The average Bonchev–Trinajstić information content (AvgIpc) is 2.24. The molecule has 1 aromatic carbocycles. The number of alkyl halides is 7. The predicted octanol–water partition coefficient (Wildman–Crippen LogP) is 5.01. The number of hydrogen-bond donors (Lipinski definition) is 0. The van der Waals surface area contributed by atoms with E-state index < -0.39 is 34.5 Å². The highest BCUT2D eigenvalue weighted by atomic mass is 79.9. The first-order valence-corrected chi connectivity index (χ1v) is 6.01. The van der Waals surface area contributed by atoms with Crippen LogP contribution in [0.2, 0.25) is 0 Å². The standard InChI is InChI=1S/C11H8BrF7O/c1-20-7-3-2-5(13)4-6(7)8(12)9(10(14,15)16)11(17,18)19/h2-4,8-9H,1H3. The van der Waals surface area contributed by atoms with Gasteiger partial charge in [0.25, 0.3) is 0 Å². The molecular weight excluding hydrogens is 361 g/mol. The van der Waals surface area contributed by atoms with Gasteiger partial charge in [-0.3, -0.25) is 0 Å². The number of rotatable bonds is 3. The van der Waals surface area contributed by atoms with E-state index in [0.29, 0.717) is 6.07 Å². The normalized spacial score (nSPS) is 14.5. The van der Waals surface area contributed by atoms with E-state index in [0.717, 1.165) is 19.2 Å². The van der Waals surface area contributed by atoms with Crippen molar-refractivity contribution in [3.63, 3.8) is 0 Å². The van der Waals surface area contributed by atoms with E-state index in [9.17, 15) is 30.7 Å². The quantitative estimate of drug-likeness (QED) is 0.538. The summed E-state index contributed by atoms with van der Waals surface area (Å²) in [5, 5.41) is 0. The first-order chi connectivity index (χ1) is 8.98. The molecule has 0 amide bonds. The lowest BCUT2D eigenvalue weighted by molar-refractivity contribution is -0.283. The fourth-order valence-corrected chi connectivity index (χ4v) is 2.57. The third-order valence-corrected chi connectivity index (χ3v) is 3.51. The van der Waals surface area contributed by atoms with Crippen LogP contribution in [0.4, 0.5) is 30.7 Å². The van der Waals surface area contributed by atoms with Gasteiger partial charge in [-0.25, -0.2) is 4.39 Å². The smallest absolute Gasteiger partial charge is 0.401 e. The molecule has 0 aliphatic heterocycles. The Balaban J connectivity index is 3.33. The van der Waals surface area contributed by atoms with Gasteiger partial charge in [-0.15, -0.1) is 0 Å². The number of ether oxygens (including phenoxy) is 1. The molecule has 0 aliphatic rings. The summed E-state index contributed by atoms with van der Waals surface area (Å²) in [6, 6.07) is 2.41. The van der Waals surface area contributed by atoms with E-state index in [1.807, 2.05) is 0 Å². The van der Waals surface area contributed by atoms with Gasteiger partial charge in [-0.2, -0.15) is 26.3 Å². The molecule has 0 spiro atoms. The lowest BCUT2D eigenvalue weighted by atomic mass is 9.97. The van der Waals surface area contributed by atoms with E-state index in [1.165, 1.54) is 0 Å². The number of benzene rings is 1. The zero-order valence-corrected chi connectivity index (χ0v) is 11.4. The summed E-state index contributed by atoms with van der Waals surface area (Å²) in [6.07, 6.45) is -11.1. The molecule has 1 nitrogen and oxygen atoms in total. The van der Waals surface area contributed by atoms with Crippen LogP contribution >= 0.6 is 15.9 Å². The molecule has 0 saturated carbocycles. The zero-order chi connectivity index (χ0) is 15.7. The van der Waals surface area contributed by atoms with Crippen molar-refractivity contribution >= 4 is 15.9 Å². The SMILES string of the molecule is COc1ccc(F)cc1C(Br)C(C(F)(F)F)C(F)(F)F. The van der Waals surface area contributed by atoms with Crippen LogP contribution in [-0.4, -0.2) is 19.5 Å². The van der Waals surface area contributed by atoms with Gasteiger partial charge < -0.3 is 4.74 Å². The van der Waals surface area contributed by atoms with Crippen molar-refractivity contribution in [3.05, 3.63) is 29.6 Å². The van der Waals surface area contributed by atoms with Gasteiger partial charge in [0, 0.05) is 5.56 Å². The minimum absolute atomic E-state index is 0.272. The topological polar surface area (TPSA) is 9.23 Å². The first-order valence-electron chi connectivity index (χ1n) is 5.09. The summed E-state index contributed by atoms with van der Waals surface area (Å²) in [5.41, 5.74) is -0.563. The molecule has 0 radical (unpaired) electrons. The molecule has 0 fully saturated rings. The molecule has 0 heterocycles. The molecule has 1 atom stereocenters. The Hall–Kier alpha value is -0.990. The van der Waals surface area contributed by atoms with Crippen molar-refractivity contribution in [2.24, 2.45) is 5.92 Å². The third kappa shape index (κ3) is 3.77. The number of methoxy groups -OCH3 is 1. The molecule has 1 unspecified atom stereocenters. The lowest BCUT2D eigenvalue weighted by Crippen LogP contribution is -2.39. The highest BCUT2D eigenvalue weighted by Crippen LogP contribution is 2.51. The predicted molar refractivity (Wildman–Crippen MR) is 60.2 cm³/mol. The summed E-state index contributed by atoms with van der Waals surface area (Å²) < 4.78 is 93.3. The molecular formula is C11H8BrF7O. The highest BCUT2D eigenvalue weighted by molar-refractivity contribution is 9.09. The van der Waals surface area contributed by atoms with Crippen LogP contribution in [0.25, 0.3) is 0 Å². The van der Waals surface area contributed by atoms with Crippen LogP contribution in [0.5, 0.6) is 5.75 Å². The van der Waals surface area contributed by atoms with Crippen LogP contribution in [0.15, 0.2) is 18.2 Å². The molecule has 9 heteroatoms. The minimum atomic E-state index is -5.54. The van der Waals surface area contributed by atoms with Gasteiger partial charge in [-0.05, 0) is 18.2 Å². The molecule has 0 N–H and O–H groups in total. The van der Waals surface area contributed by atoms with Crippen molar-refractivity contribution in [3.8, 4) is 5.75 Å². The highest BCUT2D eigenvalue weighted by Gasteiger charge is 2.60. The van der Waals surface area contributed by atoms with Crippen molar-refractivity contribution in [2.45, 2.75) is 17.2 Å². The van der Waals surface area contributed by atoms with Crippen molar-refractivity contribution in [1.82, 2.24) is 0 Å². The maximum Gasteiger partial charge on any atom is 0.401 e. The van der Waals surface area contributed by atoms with Crippen LogP contribution in [0.1, 0.15) is 10.4 Å². The Morgan fingerprint density at radius 1 is 1.05 bits per heavy atom. The second-order valence-electron chi connectivity index (χ2n) is 3.85. The molecule has 1 rings (SSSR count). The maximum absolute atomic E-state index is 13.1. The first kappa shape index (κ1) is 17.1. The van der Waals surface area contributed by atoms with Gasteiger partial charge in [-0.1, -0.05) is 15.9 Å². The maximum atomic E-state index is 13.1. The second-order valence-corrected chi connectivity index (χ2v) is 4.84. The van der Waals surface area contributed by atoms with E-state index >= 15 is 0 Å². The molecule has 0 saturated heterocycles. The lowest BCUT2D eigenvalue weighted by Gasteiger charge is -2.28. The van der Waals surface area contributed by atoms with Crippen LogP contribution in [0.3, 0.4) is 0 Å². The number of hydrogen-bond acceptors (Lipinski definition) is 1. The molecule has 0 aromatic heterocycles. The zero-order valence-electron chi connectivity index (χ0n) is 9.82. The van der Waals surface area contributed by atoms with E-state index in [4.69, 9.17) is 0 Å². The summed E-state index contributed by atoms with van der Waals surface area (Å²) in [6.45, 7) is 0. The van der Waals surface area contributed by atoms with E-state index in [1.54, 1.807) is 0 Å². The Kier molecular flexibility index (Phi) is 4.94. The largest absolute Gasteiger partial charge is 0.496 e. The van der Waals surface area contributed by atoms with Crippen molar-refractivity contribution in [2.75, 3.05) is 7.11 Å². The Morgan fingerprint density at radius 2 is 1.55 bits per heavy atom. The average molecular weight is 369 g/mol. The molecule has 0 aliphatic carbocycles. The minimum Gasteiger partial charge on any atom is -0.496 e. The van der Waals surface area contributed by atoms with Gasteiger partial charge >= 0.3 is 12.4 Å². The molecule has 0 bridgehead atoms. The van der Waals surface area contributed by atoms with Crippen molar-refractivity contribution in [1.29, 1.82) is 0 Å². The van der Waals surface area contributed by atoms with Gasteiger partial charge in [0.1, 0.15) is 11.6 Å².